The molecule has 1 aliphatic carbocycles. The maximum Gasteiger partial charge on any atom is 0.0690 e. The lowest BCUT2D eigenvalue weighted by Gasteiger charge is -2.10. The van der Waals surface area contributed by atoms with Crippen LogP contribution >= 0.6 is 0 Å². The molecule has 1 aromatic carbocycles. The fourth-order valence-corrected chi connectivity index (χ4v) is 2.02. The molecule has 1 aromatic heterocycles. The summed E-state index contributed by atoms with van der Waals surface area (Å²) < 4.78 is 0. The second-order valence-electron chi connectivity index (χ2n) is 4.42. The Morgan fingerprint density at radius 2 is 2.13 bits per heavy atom. The summed E-state index contributed by atoms with van der Waals surface area (Å²) in [6.45, 7) is 0. The van der Waals surface area contributed by atoms with Crippen LogP contribution in [0.15, 0.2) is 36.7 Å². The molecule has 2 heteroatoms. The average molecular weight is 199 g/mol. The van der Waals surface area contributed by atoms with Crippen LogP contribution in [0.25, 0.3) is 10.8 Å². The first kappa shape index (κ1) is 8.86. The minimum Gasteiger partial charge on any atom is -0.390 e. The van der Waals surface area contributed by atoms with Gasteiger partial charge in [-0.25, -0.2) is 0 Å². The third-order valence-electron chi connectivity index (χ3n) is 3.12. The van der Waals surface area contributed by atoms with E-state index in [1.807, 2.05) is 24.5 Å². The van der Waals surface area contributed by atoms with E-state index in [1.54, 1.807) is 0 Å². The number of nitrogens with zero attached hydrogens (tertiary/aromatic N) is 1. The minimum atomic E-state index is -0.419. The Kier molecular flexibility index (Phi) is 1.80. The van der Waals surface area contributed by atoms with E-state index in [2.05, 4.69) is 17.1 Å². The summed E-state index contributed by atoms with van der Waals surface area (Å²) in [5, 5.41) is 12.3. The fourth-order valence-electron chi connectivity index (χ4n) is 2.02. The van der Waals surface area contributed by atoms with Gasteiger partial charge in [-0.2, -0.15) is 0 Å². The largest absolute Gasteiger partial charge is 0.390 e. The van der Waals surface area contributed by atoms with E-state index in [1.165, 1.54) is 10.9 Å². The van der Waals surface area contributed by atoms with Crippen LogP contribution in [0.1, 0.15) is 18.4 Å². The lowest BCUT2D eigenvalue weighted by molar-refractivity contribution is 0.151. The van der Waals surface area contributed by atoms with E-state index in [4.69, 9.17) is 0 Å². The Balaban J connectivity index is 2.09. The van der Waals surface area contributed by atoms with Crippen molar-refractivity contribution in [1.29, 1.82) is 0 Å². The summed E-state index contributed by atoms with van der Waals surface area (Å²) in [5.74, 6) is 0. The summed E-state index contributed by atoms with van der Waals surface area (Å²) in [5.41, 5.74) is 0.812. The first-order chi connectivity index (χ1) is 7.27. The van der Waals surface area contributed by atoms with Crippen molar-refractivity contribution in [2.45, 2.75) is 24.9 Å². The predicted octanol–water partition coefficient (Wildman–Crippen LogP) is 2.30. The van der Waals surface area contributed by atoms with Gasteiger partial charge in [-0.1, -0.05) is 18.2 Å². The first-order valence-electron chi connectivity index (χ1n) is 5.31. The summed E-state index contributed by atoms with van der Waals surface area (Å²) >= 11 is 0. The number of fused-ring (bicyclic) bond motifs is 1. The number of hydrogen-bond acceptors (Lipinski definition) is 2. The Morgan fingerprint density at radius 1 is 1.27 bits per heavy atom. The Morgan fingerprint density at radius 3 is 2.93 bits per heavy atom. The van der Waals surface area contributed by atoms with Crippen molar-refractivity contribution in [3.8, 4) is 0 Å². The third-order valence-corrected chi connectivity index (χ3v) is 3.12. The molecular formula is C13H13NO. The fraction of sp³-hybridized carbons (Fsp3) is 0.308. The number of aliphatic hydroxyl groups is 1. The van der Waals surface area contributed by atoms with E-state index in [0.29, 0.717) is 0 Å². The van der Waals surface area contributed by atoms with Gasteiger partial charge in [-0.05, 0) is 29.9 Å². The molecule has 0 radical (unpaired) electrons. The van der Waals surface area contributed by atoms with Gasteiger partial charge in [0.2, 0.25) is 0 Å². The average Bonchev–Trinajstić information content (AvgIpc) is 2.97. The second kappa shape index (κ2) is 3.04. The number of hydrogen-bond donors (Lipinski definition) is 1. The summed E-state index contributed by atoms with van der Waals surface area (Å²) in [4.78, 5) is 4.10. The quantitative estimate of drug-likeness (QED) is 0.805. The molecule has 1 saturated carbocycles. The molecule has 0 amide bonds. The Bertz CT molecular complexity index is 497. The van der Waals surface area contributed by atoms with Crippen molar-refractivity contribution in [3.63, 3.8) is 0 Å². The van der Waals surface area contributed by atoms with E-state index >= 15 is 0 Å². The molecule has 1 N–H and O–H groups in total. The molecular weight excluding hydrogens is 186 g/mol. The maximum atomic E-state index is 9.93. The zero-order valence-electron chi connectivity index (χ0n) is 8.48. The van der Waals surface area contributed by atoms with Crippen molar-refractivity contribution >= 4 is 10.8 Å². The maximum absolute atomic E-state index is 9.93. The smallest absolute Gasteiger partial charge is 0.0690 e. The highest BCUT2D eigenvalue weighted by Crippen LogP contribution is 2.39. The highest BCUT2D eigenvalue weighted by molar-refractivity contribution is 5.84. The molecule has 1 heterocycles. The topological polar surface area (TPSA) is 33.1 Å². The van der Waals surface area contributed by atoms with Gasteiger partial charge in [0.25, 0.3) is 0 Å². The van der Waals surface area contributed by atoms with E-state index in [-0.39, 0.29) is 0 Å². The predicted molar refractivity (Wildman–Crippen MR) is 59.6 cm³/mol. The zero-order valence-corrected chi connectivity index (χ0v) is 8.48. The Labute approximate surface area is 88.6 Å². The van der Waals surface area contributed by atoms with Gasteiger partial charge in [0, 0.05) is 24.2 Å². The monoisotopic (exact) mass is 199 g/mol. The molecule has 0 atom stereocenters. The molecule has 0 bridgehead atoms. The summed E-state index contributed by atoms with van der Waals surface area (Å²) in [6.07, 6.45) is 6.33. The summed E-state index contributed by atoms with van der Waals surface area (Å²) in [6, 6.07) is 8.21. The van der Waals surface area contributed by atoms with Crippen LogP contribution in [-0.2, 0) is 6.42 Å². The van der Waals surface area contributed by atoms with Crippen LogP contribution < -0.4 is 0 Å². The van der Waals surface area contributed by atoms with Crippen molar-refractivity contribution in [3.05, 3.63) is 42.2 Å². The highest BCUT2D eigenvalue weighted by Gasteiger charge is 2.40. The van der Waals surface area contributed by atoms with Gasteiger partial charge in [-0.3, -0.25) is 4.98 Å². The van der Waals surface area contributed by atoms with E-state index in [0.717, 1.165) is 24.6 Å². The second-order valence-corrected chi connectivity index (χ2v) is 4.42. The molecule has 0 unspecified atom stereocenters. The standard InChI is InChI=1S/C13H13NO/c15-13(5-6-13)8-10-2-1-3-11-9-14-7-4-12(10)11/h1-4,7,9,15H,5-6,8H2. The first-order valence-corrected chi connectivity index (χ1v) is 5.31. The van der Waals surface area contributed by atoms with Gasteiger partial charge in [-0.15, -0.1) is 0 Å². The van der Waals surface area contributed by atoms with Crippen LogP contribution in [0, 0.1) is 0 Å². The van der Waals surface area contributed by atoms with Crippen molar-refractivity contribution in [2.24, 2.45) is 0 Å². The number of aromatic nitrogens is 1. The number of rotatable bonds is 2. The highest BCUT2D eigenvalue weighted by atomic mass is 16.3. The molecule has 76 valence electrons. The SMILES string of the molecule is OC1(Cc2cccc3cnccc23)CC1. The molecule has 0 saturated heterocycles. The van der Waals surface area contributed by atoms with Crippen molar-refractivity contribution in [1.82, 2.24) is 4.98 Å². The van der Waals surface area contributed by atoms with Crippen LogP contribution in [0.5, 0.6) is 0 Å². The molecule has 15 heavy (non-hydrogen) atoms. The lowest BCUT2D eigenvalue weighted by Crippen LogP contribution is -2.10. The van der Waals surface area contributed by atoms with Gasteiger partial charge in [0.1, 0.15) is 0 Å². The molecule has 2 aromatic rings. The normalized spacial score (nSPS) is 17.9. The molecule has 3 rings (SSSR count). The lowest BCUT2D eigenvalue weighted by atomic mass is 10.0. The van der Waals surface area contributed by atoms with Crippen molar-refractivity contribution < 1.29 is 5.11 Å². The van der Waals surface area contributed by atoms with Crippen LogP contribution in [0.2, 0.25) is 0 Å². The molecule has 1 aliphatic rings. The molecule has 0 aliphatic heterocycles. The van der Waals surface area contributed by atoms with E-state index in [9.17, 15) is 5.11 Å². The zero-order chi connectivity index (χ0) is 10.3. The minimum absolute atomic E-state index is 0.419. The van der Waals surface area contributed by atoms with Crippen LogP contribution in [-0.4, -0.2) is 15.7 Å². The van der Waals surface area contributed by atoms with Gasteiger partial charge in [0.05, 0.1) is 5.60 Å². The Hall–Kier alpha value is -1.41. The number of pyridine rings is 1. The summed E-state index contributed by atoms with van der Waals surface area (Å²) in [7, 11) is 0. The molecule has 1 fully saturated rings. The van der Waals surface area contributed by atoms with Gasteiger partial charge in [0.15, 0.2) is 0 Å². The third kappa shape index (κ3) is 1.61. The molecule has 0 spiro atoms. The van der Waals surface area contributed by atoms with Gasteiger partial charge < -0.3 is 5.11 Å². The van der Waals surface area contributed by atoms with E-state index < -0.39 is 5.60 Å². The van der Waals surface area contributed by atoms with Gasteiger partial charge >= 0.3 is 0 Å². The van der Waals surface area contributed by atoms with Crippen LogP contribution in [0.4, 0.5) is 0 Å². The van der Waals surface area contributed by atoms with Crippen molar-refractivity contribution in [2.75, 3.05) is 0 Å². The van der Waals surface area contributed by atoms with Crippen LogP contribution in [0.3, 0.4) is 0 Å². The number of benzene rings is 1. The molecule has 2 nitrogen and oxygen atoms in total.